The Morgan fingerprint density at radius 2 is 1.28 bits per heavy atom. The number of likely N-dealkylation sites (tertiary alicyclic amines) is 1. The van der Waals surface area contributed by atoms with Crippen molar-refractivity contribution in [1.29, 1.82) is 0 Å². The van der Waals surface area contributed by atoms with Crippen molar-refractivity contribution in [3.63, 3.8) is 0 Å². The zero-order valence-corrected chi connectivity index (χ0v) is 33.2. The molecule has 1 aliphatic rings. The van der Waals surface area contributed by atoms with Crippen LogP contribution in [0.5, 0.6) is 0 Å². The maximum Gasteiger partial charge on any atom is 0.356 e. The topological polar surface area (TPSA) is 82.1 Å². The van der Waals surface area contributed by atoms with E-state index >= 15 is 4.79 Å². The van der Waals surface area contributed by atoms with Crippen molar-refractivity contribution < 1.29 is 28.3 Å². The zero-order valence-electron chi connectivity index (χ0n) is 31.3. The number of benzene rings is 3. The van der Waals surface area contributed by atoms with Gasteiger partial charge in [-0.15, -0.1) is 0 Å². The van der Waals surface area contributed by atoms with E-state index in [1.54, 1.807) is 11.8 Å². The average Bonchev–Trinajstić information content (AvgIpc) is 3.05. The van der Waals surface area contributed by atoms with Crippen molar-refractivity contribution in [3.8, 4) is 0 Å². The van der Waals surface area contributed by atoms with Gasteiger partial charge in [-0.1, -0.05) is 124 Å². The summed E-state index contributed by atoms with van der Waals surface area (Å²) in [5.74, 6) is -2.88. The van der Waals surface area contributed by atoms with Crippen LogP contribution in [0.1, 0.15) is 55.4 Å². The van der Waals surface area contributed by atoms with Crippen LogP contribution in [0.15, 0.2) is 104 Å². The first-order valence-corrected chi connectivity index (χ1v) is 22.0. The molecule has 4 rings (SSSR count). The number of carbonyl (C=O) groups is 3. The van der Waals surface area contributed by atoms with Crippen molar-refractivity contribution in [2.75, 3.05) is 6.61 Å². The van der Waals surface area contributed by atoms with E-state index in [-0.39, 0.29) is 23.0 Å². The molecule has 0 bridgehead atoms. The molecule has 1 aliphatic heterocycles. The molecule has 1 amide bonds. The van der Waals surface area contributed by atoms with E-state index in [0.29, 0.717) is 0 Å². The van der Waals surface area contributed by atoms with Crippen LogP contribution >= 0.6 is 6.89 Å². The van der Waals surface area contributed by atoms with Gasteiger partial charge in [-0.2, -0.15) is 0 Å². The smallest absolute Gasteiger partial charge is 0.356 e. The zero-order chi connectivity index (χ0) is 37.1. The standard InChI is InChI=1S/C41H54NO6PSi/c1-12-28-46-39(45)37(49(31-22-16-13-17-23-31,32-24-18-14-19-25-32)33-26-20-15-21-27-33)42-35(29(2)38(44)47-40(4,5)6)34(36(42)43)30(3)48-50(10,11)41(7,8)9/h12-27,29-30,34-35H,1,28H2,2-11H3/t29-,30-,34-,35-/m1/s1. The Labute approximate surface area is 300 Å². The molecule has 0 aromatic heterocycles. The highest BCUT2D eigenvalue weighted by atomic mass is 31.2. The second kappa shape index (κ2) is 15.3. The third kappa shape index (κ3) is 7.78. The van der Waals surface area contributed by atoms with Gasteiger partial charge < -0.3 is 18.8 Å². The van der Waals surface area contributed by atoms with Gasteiger partial charge in [-0.3, -0.25) is 9.59 Å². The number of carbonyl (C=O) groups excluding carboxylic acids is 3. The molecule has 0 saturated carbocycles. The summed E-state index contributed by atoms with van der Waals surface area (Å²) in [7, 11) is -2.35. The molecule has 0 radical (unpaired) electrons. The molecular weight excluding hydrogens is 662 g/mol. The summed E-state index contributed by atoms with van der Waals surface area (Å²) in [5.41, 5.74) is -0.545. The van der Waals surface area contributed by atoms with Gasteiger partial charge in [0.2, 0.25) is 5.91 Å². The molecule has 1 fully saturated rings. The van der Waals surface area contributed by atoms with Crippen molar-refractivity contribution >= 4 is 54.4 Å². The molecule has 0 unspecified atom stereocenters. The predicted octanol–water partition coefficient (Wildman–Crippen LogP) is 7.05. The maximum absolute atomic E-state index is 15.0. The van der Waals surface area contributed by atoms with Crippen LogP contribution in [-0.4, -0.2) is 60.8 Å². The Hall–Kier alpha value is -3.71. The minimum absolute atomic E-state index is 0.0522. The molecule has 0 N–H and O–H groups in total. The quantitative estimate of drug-likeness (QED) is 0.0658. The van der Waals surface area contributed by atoms with Gasteiger partial charge >= 0.3 is 11.9 Å². The highest BCUT2D eigenvalue weighted by molar-refractivity contribution is 7.96. The first-order chi connectivity index (χ1) is 23.4. The van der Waals surface area contributed by atoms with E-state index in [1.807, 2.05) is 119 Å². The van der Waals surface area contributed by atoms with Gasteiger partial charge in [0.25, 0.3) is 0 Å². The van der Waals surface area contributed by atoms with E-state index in [9.17, 15) is 9.59 Å². The fourth-order valence-electron chi connectivity index (χ4n) is 6.40. The van der Waals surface area contributed by atoms with E-state index in [2.05, 4.69) is 40.4 Å². The number of rotatable bonds is 12. The van der Waals surface area contributed by atoms with Crippen molar-refractivity contribution in [2.45, 2.75) is 91.3 Å². The molecule has 9 heteroatoms. The first kappa shape index (κ1) is 39.1. The van der Waals surface area contributed by atoms with E-state index in [1.165, 1.54) is 6.08 Å². The third-order valence-corrected chi connectivity index (χ3v) is 18.6. The van der Waals surface area contributed by atoms with Gasteiger partial charge in [0, 0.05) is 6.89 Å². The lowest BCUT2D eigenvalue weighted by Gasteiger charge is -2.54. The Kier molecular flexibility index (Phi) is 11.9. The normalized spacial score (nSPS) is 18.0. The predicted molar refractivity (Wildman–Crippen MR) is 208 cm³/mol. The van der Waals surface area contributed by atoms with E-state index in [0.717, 1.165) is 15.9 Å². The number of amides is 1. The Balaban J connectivity index is 2.14. The van der Waals surface area contributed by atoms with Crippen LogP contribution < -0.4 is 15.9 Å². The molecule has 3 aromatic rings. The van der Waals surface area contributed by atoms with Crippen molar-refractivity contribution in [3.05, 3.63) is 104 Å². The van der Waals surface area contributed by atoms with Crippen molar-refractivity contribution in [2.24, 2.45) is 11.8 Å². The number of nitrogens with zero attached hydrogens (tertiary/aromatic N) is 1. The minimum Gasteiger partial charge on any atom is -0.460 e. The SMILES string of the molecule is C=CCOC(=O)C(N1C(=O)[C@H]([C@@H](C)O[Si](C)(C)C(C)(C)C)[C@H]1[C@@H](C)C(=O)OC(C)(C)C)=P(c1ccccc1)(c1ccccc1)c1ccccc1. The number of β-lactam (4-membered cyclic amide) rings is 1. The second-order valence-corrected chi connectivity index (χ2v) is 23.6. The number of esters is 2. The van der Waals surface area contributed by atoms with Crippen LogP contribution in [0.4, 0.5) is 0 Å². The van der Waals surface area contributed by atoms with E-state index in [4.69, 9.17) is 13.9 Å². The molecule has 268 valence electrons. The lowest BCUT2D eigenvalue weighted by atomic mass is 9.76. The summed E-state index contributed by atoms with van der Waals surface area (Å²) >= 11 is 0. The summed E-state index contributed by atoms with van der Waals surface area (Å²) in [5, 5.41) is 2.50. The largest absolute Gasteiger partial charge is 0.460 e. The molecule has 1 saturated heterocycles. The second-order valence-electron chi connectivity index (χ2n) is 15.5. The highest BCUT2D eigenvalue weighted by Crippen LogP contribution is 2.51. The first-order valence-electron chi connectivity index (χ1n) is 17.3. The summed E-state index contributed by atoms with van der Waals surface area (Å²) < 4.78 is 18.7. The molecule has 7 nitrogen and oxygen atoms in total. The molecule has 0 aliphatic carbocycles. The van der Waals surface area contributed by atoms with Crippen LogP contribution in [-0.2, 0) is 28.3 Å². The molecule has 0 spiro atoms. The van der Waals surface area contributed by atoms with Crippen LogP contribution in [0.3, 0.4) is 0 Å². The number of hydrogen-bond acceptors (Lipinski definition) is 6. The molecular formula is C41H54NO6PSi. The Morgan fingerprint density at radius 3 is 1.66 bits per heavy atom. The summed E-state index contributed by atoms with van der Waals surface area (Å²) in [4.78, 5) is 45.4. The minimum atomic E-state index is -3.16. The number of ether oxygens (including phenoxy) is 2. The molecule has 3 aromatic carbocycles. The average molecular weight is 716 g/mol. The van der Waals surface area contributed by atoms with Gasteiger partial charge in [0.05, 0.1) is 24.0 Å². The molecule has 50 heavy (non-hydrogen) atoms. The lowest BCUT2D eigenvalue weighted by Crippen LogP contribution is -2.71. The van der Waals surface area contributed by atoms with E-state index < -0.39 is 56.7 Å². The van der Waals surface area contributed by atoms with Crippen LogP contribution in [0.25, 0.3) is 0 Å². The molecule has 1 heterocycles. The molecule has 4 atom stereocenters. The monoisotopic (exact) mass is 715 g/mol. The number of hydrogen-bond donors (Lipinski definition) is 0. The maximum atomic E-state index is 15.0. The summed E-state index contributed by atoms with van der Waals surface area (Å²) in [6.45, 7) is 20.5. The fourth-order valence-corrected chi connectivity index (χ4v) is 12.2. The van der Waals surface area contributed by atoms with Crippen LogP contribution in [0, 0.1) is 11.8 Å². The van der Waals surface area contributed by atoms with Gasteiger partial charge in [-0.25, -0.2) is 4.79 Å². The van der Waals surface area contributed by atoms with Crippen molar-refractivity contribution in [1.82, 2.24) is 4.90 Å². The van der Waals surface area contributed by atoms with Gasteiger partial charge in [0.15, 0.2) is 8.32 Å². The summed E-state index contributed by atoms with van der Waals surface area (Å²) in [6, 6.07) is 28.7. The van der Waals surface area contributed by atoms with Gasteiger partial charge in [-0.05, 0) is 68.7 Å². The Bertz CT molecular complexity index is 1620. The highest BCUT2D eigenvalue weighted by Gasteiger charge is 2.60. The fraction of sp³-hybridized carbons (Fsp3) is 0.415. The third-order valence-electron chi connectivity index (χ3n) is 9.76. The lowest BCUT2D eigenvalue weighted by molar-refractivity contribution is -0.173. The van der Waals surface area contributed by atoms with Crippen LogP contribution in [0.2, 0.25) is 18.1 Å². The van der Waals surface area contributed by atoms with Gasteiger partial charge in [0.1, 0.15) is 17.6 Å². The summed E-state index contributed by atoms with van der Waals surface area (Å²) in [6.07, 6.45) is 0.984. The Morgan fingerprint density at radius 1 is 0.840 bits per heavy atom.